The van der Waals surface area contributed by atoms with E-state index in [2.05, 4.69) is 10.3 Å². The number of hydrogen-bond donors (Lipinski definition) is 1. The molecule has 0 saturated carbocycles. The van der Waals surface area contributed by atoms with Gasteiger partial charge in [-0.05, 0) is 12.3 Å². The molecule has 1 aromatic carbocycles. The second-order valence-electron chi connectivity index (χ2n) is 3.05. The van der Waals surface area contributed by atoms with E-state index in [9.17, 15) is 20.2 Å². The fourth-order valence-electron chi connectivity index (χ4n) is 1.15. The monoisotopic (exact) mass is 281 g/mol. The third-order valence-electron chi connectivity index (χ3n) is 1.94. The molecule has 0 aliphatic rings. The quantitative estimate of drug-likeness (QED) is 0.223. The van der Waals surface area contributed by atoms with Crippen LogP contribution in [-0.4, -0.2) is 21.3 Å². The van der Waals surface area contributed by atoms with E-state index < -0.39 is 21.2 Å². The lowest BCUT2D eigenvalue weighted by Crippen LogP contribution is -2.12. The van der Waals surface area contributed by atoms with Crippen LogP contribution >= 0.6 is 11.8 Å². The molecule has 0 heterocycles. The molecule has 1 rings (SSSR count). The molecule has 0 amide bonds. The summed E-state index contributed by atoms with van der Waals surface area (Å²) in [6.07, 6.45) is 3.26. The van der Waals surface area contributed by atoms with E-state index >= 15 is 0 Å². The number of rotatable bonds is 3. The van der Waals surface area contributed by atoms with Crippen molar-refractivity contribution in [2.45, 2.75) is 0 Å². The maximum atomic E-state index is 10.8. The van der Waals surface area contributed by atoms with Gasteiger partial charge in [0.2, 0.25) is 0 Å². The van der Waals surface area contributed by atoms with Crippen LogP contribution in [0.2, 0.25) is 0 Å². The molecule has 0 saturated heterocycles. The molecule has 0 aliphatic heterocycles. The standard InChI is InChI=1S/C9H7N5O4S/c1-19-9(11-5-10)12-7-3-2-6(13(15)16)4-8(7)14(17)18/h2-4H,1H3,(H,11,12). The number of nitro benzene ring substituents is 2. The number of benzene rings is 1. The lowest BCUT2D eigenvalue weighted by molar-refractivity contribution is -0.393. The number of nitro groups is 2. The van der Waals surface area contributed by atoms with E-state index in [1.54, 1.807) is 12.4 Å². The van der Waals surface area contributed by atoms with Gasteiger partial charge in [0, 0.05) is 6.07 Å². The topological polar surface area (TPSA) is 134 Å². The summed E-state index contributed by atoms with van der Waals surface area (Å²) >= 11 is 1.08. The number of nitrogens with one attached hydrogen (secondary N) is 1. The minimum absolute atomic E-state index is 0.0669. The molecule has 1 N–H and O–H groups in total. The summed E-state index contributed by atoms with van der Waals surface area (Å²) < 4.78 is 0. The Hall–Kier alpha value is -2.67. The van der Waals surface area contributed by atoms with Crippen LogP contribution < -0.4 is 5.32 Å². The van der Waals surface area contributed by atoms with E-state index in [1.165, 1.54) is 0 Å². The lowest BCUT2D eigenvalue weighted by atomic mass is 10.2. The first-order valence-corrected chi connectivity index (χ1v) is 5.92. The number of amidine groups is 1. The molecule has 0 atom stereocenters. The highest BCUT2D eigenvalue weighted by Gasteiger charge is 2.19. The van der Waals surface area contributed by atoms with E-state index in [0.717, 1.165) is 30.0 Å². The number of nitrogens with zero attached hydrogens (tertiary/aromatic N) is 4. The first-order chi connectivity index (χ1) is 8.99. The summed E-state index contributed by atoms with van der Waals surface area (Å²) in [5.74, 6) is 0. The molecule has 98 valence electrons. The molecule has 0 fully saturated rings. The van der Waals surface area contributed by atoms with Crippen molar-refractivity contribution < 1.29 is 9.85 Å². The average molecular weight is 281 g/mol. The molecule has 0 aliphatic carbocycles. The number of thioether (sulfide) groups is 1. The van der Waals surface area contributed by atoms with Crippen molar-refractivity contribution in [2.24, 2.45) is 4.99 Å². The number of aliphatic imine (C=N–C) groups is 1. The second kappa shape index (κ2) is 6.31. The van der Waals surface area contributed by atoms with Gasteiger partial charge >= 0.3 is 5.69 Å². The Morgan fingerprint density at radius 3 is 2.58 bits per heavy atom. The van der Waals surface area contributed by atoms with Crippen LogP contribution in [0.25, 0.3) is 0 Å². The summed E-state index contributed by atoms with van der Waals surface area (Å²) in [6.45, 7) is 0. The van der Waals surface area contributed by atoms with Crippen molar-refractivity contribution in [1.29, 1.82) is 5.26 Å². The van der Waals surface area contributed by atoms with Crippen LogP contribution in [0.15, 0.2) is 23.2 Å². The highest BCUT2D eigenvalue weighted by molar-refractivity contribution is 8.13. The first-order valence-electron chi connectivity index (χ1n) is 4.70. The molecule has 1 aromatic rings. The number of nitriles is 1. The van der Waals surface area contributed by atoms with Crippen LogP contribution in [0.4, 0.5) is 17.1 Å². The van der Waals surface area contributed by atoms with Crippen LogP contribution in [0.1, 0.15) is 0 Å². The van der Waals surface area contributed by atoms with Crippen molar-refractivity contribution in [1.82, 2.24) is 5.32 Å². The fourth-order valence-corrected chi connectivity index (χ4v) is 1.49. The van der Waals surface area contributed by atoms with Crippen molar-refractivity contribution >= 4 is 34.0 Å². The zero-order valence-electron chi connectivity index (χ0n) is 9.56. The molecular formula is C9H7N5O4S. The van der Waals surface area contributed by atoms with Crippen LogP contribution in [0, 0.1) is 31.7 Å². The summed E-state index contributed by atoms with van der Waals surface area (Å²) in [4.78, 5) is 23.8. The third-order valence-corrected chi connectivity index (χ3v) is 2.52. The van der Waals surface area contributed by atoms with Crippen LogP contribution in [-0.2, 0) is 0 Å². The van der Waals surface area contributed by atoms with Gasteiger partial charge < -0.3 is 0 Å². The Bertz CT molecular complexity index is 595. The molecule has 0 bridgehead atoms. The summed E-state index contributed by atoms with van der Waals surface area (Å²) in [6, 6.07) is 3.09. The molecular weight excluding hydrogens is 274 g/mol. The number of non-ortho nitro benzene ring substituents is 1. The normalized spacial score (nSPS) is 10.6. The zero-order chi connectivity index (χ0) is 14.4. The van der Waals surface area contributed by atoms with Crippen molar-refractivity contribution in [2.75, 3.05) is 6.26 Å². The molecule has 0 aromatic heterocycles. The van der Waals surface area contributed by atoms with Gasteiger partial charge in [0.15, 0.2) is 11.4 Å². The zero-order valence-corrected chi connectivity index (χ0v) is 10.4. The molecule has 0 spiro atoms. The van der Waals surface area contributed by atoms with Crippen LogP contribution in [0.5, 0.6) is 0 Å². The summed E-state index contributed by atoms with van der Waals surface area (Å²) in [5, 5.41) is 32.3. The SMILES string of the molecule is CSC(=Nc1ccc([N+](=O)[O-])cc1[N+](=O)[O-])NC#N. The average Bonchev–Trinajstić information content (AvgIpc) is 2.37. The Balaban J connectivity index is 3.32. The van der Waals surface area contributed by atoms with E-state index in [0.29, 0.717) is 0 Å². The van der Waals surface area contributed by atoms with Gasteiger partial charge in [0.25, 0.3) is 5.69 Å². The minimum Gasteiger partial charge on any atom is -0.271 e. The largest absolute Gasteiger partial charge is 0.301 e. The molecule has 0 radical (unpaired) electrons. The van der Waals surface area contributed by atoms with E-state index in [-0.39, 0.29) is 10.9 Å². The number of hydrogen-bond acceptors (Lipinski definition) is 7. The Morgan fingerprint density at radius 1 is 1.42 bits per heavy atom. The Labute approximate surface area is 111 Å². The van der Waals surface area contributed by atoms with Gasteiger partial charge in [-0.3, -0.25) is 25.5 Å². The van der Waals surface area contributed by atoms with Crippen LogP contribution in [0.3, 0.4) is 0 Å². The second-order valence-corrected chi connectivity index (χ2v) is 3.84. The minimum atomic E-state index is -0.768. The summed E-state index contributed by atoms with van der Waals surface area (Å²) in [7, 11) is 0. The van der Waals surface area contributed by atoms with Gasteiger partial charge in [-0.1, -0.05) is 11.8 Å². The van der Waals surface area contributed by atoms with Crippen molar-refractivity contribution in [3.8, 4) is 6.19 Å². The predicted octanol–water partition coefficient (Wildman–Crippen LogP) is 1.92. The van der Waals surface area contributed by atoms with E-state index in [4.69, 9.17) is 5.26 Å². The van der Waals surface area contributed by atoms with Crippen molar-refractivity contribution in [3.05, 3.63) is 38.4 Å². The fraction of sp³-hybridized carbons (Fsp3) is 0.111. The van der Waals surface area contributed by atoms with Crippen molar-refractivity contribution in [3.63, 3.8) is 0 Å². The maximum Gasteiger partial charge on any atom is 0.301 e. The Kier molecular flexibility index (Phi) is 4.78. The highest BCUT2D eigenvalue weighted by atomic mass is 32.2. The smallest absolute Gasteiger partial charge is 0.271 e. The molecule has 0 unspecified atom stereocenters. The summed E-state index contributed by atoms with van der Waals surface area (Å²) in [5.41, 5.74) is -0.965. The first kappa shape index (κ1) is 14.4. The van der Waals surface area contributed by atoms with Gasteiger partial charge in [-0.25, -0.2) is 4.99 Å². The molecule has 19 heavy (non-hydrogen) atoms. The predicted molar refractivity (Wildman–Crippen MR) is 69.1 cm³/mol. The Morgan fingerprint density at radius 2 is 2.11 bits per heavy atom. The lowest BCUT2D eigenvalue weighted by Gasteiger charge is -2.01. The highest BCUT2D eigenvalue weighted by Crippen LogP contribution is 2.31. The third kappa shape index (κ3) is 3.65. The van der Waals surface area contributed by atoms with Gasteiger partial charge in [-0.2, -0.15) is 5.26 Å². The maximum absolute atomic E-state index is 10.8. The van der Waals surface area contributed by atoms with Gasteiger partial charge in [0.1, 0.15) is 5.69 Å². The molecule has 9 nitrogen and oxygen atoms in total. The van der Waals surface area contributed by atoms with Gasteiger partial charge in [0.05, 0.1) is 15.9 Å². The van der Waals surface area contributed by atoms with E-state index in [1.807, 2.05) is 0 Å². The van der Waals surface area contributed by atoms with Gasteiger partial charge in [-0.15, -0.1) is 0 Å². The molecule has 10 heteroatoms.